The second-order valence-corrected chi connectivity index (χ2v) is 7.95. The number of carbonyl (C=O) groups excluding carboxylic acids is 1. The van der Waals surface area contributed by atoms with Crippen molar-refractivity contribution >= 4 is 35.0 Å². The van der Waals surface area contributed by atoms with Gasteiger partial charge in [-0.3, -0.25) is 14.5 Å². The fourth-order valence-electron chi connectivity index (χ4n) is 2.84. The molecule has 0 atom stereocenters. The number of anilines is 1. The van der Waals surface area contributed by atoms with Crippen molar-refractivity contribution in [2.45, 2.75) is 38.0 Å². The number of aromatic nitrogens is 2. The quantitative estimate of drug-likeness (QED) is 0.585. The highest BCUT2D eigenvalue weighted by atomic mass is 35.5. The molecule has 0 radical (unpaired) electrons. The van der Waals surface area contributed by atoms with Crippen molar-refractivity contribution in [1.29, 1.82) is 0 Å². The van der Waals surface area contributed by atoms with Gasteiger partial charge in [0.15, 0.2) is 5.16 Å². The molecule has 1 amide bonds. The molecule has 2 heterocycles. The lowest BCUT2D eigenvalue weighted by atomic mass is 10.1. The standard InChI is InChI=1S/C18H20ClFN4O2S/c1-10(2)24-6-5-15-12(8-24)17(26)23-18(22-15)27-9-16(25)21-11-3-4-14(20)13(19)7-11/h3-4,7,10H,5-6,8-9H2,1-2H3,(H,21,25)(H,22,23,26). The number of carbonyl (C=O) groups is 1. The van der Waals surface area contributed by atoms with Gasteiger partial charge in [-0.2, -0.15) is 0 Å². The number of hydrogen-bond donors (Lipinski definition) is 2. The van der Waals surface area contributed by atoms with Gasteiger partial charge in [0.25, 0.3) is 5.56 Å². The number of aromatic amines is 1. The first kappa shape index (κ1) is 19.9. The number of amides is 1. The molecule has 1 aliphatic rings. The molecular weight excluding hydrogens is 391 g/mol. The minimum absolute atomic E-state index is 0.0587. The van der Waals surface area contributed by atoms with Crippen LogP contribution in [0, 0.1) is 5.82 Å². The largest absolute Gasteiger partial charge is 0.325 e. The zero-order valence-corrected chi connectivity index (χ0v) is 16.6. The third-order valence-electron chi connectivity index (χ3n) is 4.35. The van der Waals surface area contributed by atoms with E-state index >= 15 is 0 Å². The zero-order valence-electron chi connectivity index (χ0n) is 15.0. The molecule has 6 nitrogen and oxygen atoms in total. The molecule has 2 N–H and O–H groups in total. The predicted molar refractivity (Wildman–Crippen MR) is 105 cm³/mol. The van der Waals surface area contributed by atoms with Crippen molar-refractivity contribution in [3.63, 3.8) is 0 Å². The van der Waals surface area contributed by atoms with Crippen molar-refractivity contribution < 1.29 is 9.18 Å². The zero-order chi connectivity index (χ0) is 19.6. The topological polar surface area (TPSA) is 78.1 Å². The van der Waals surface area contributed by atoms with Crippen LogP contribution < -0.4 is 10.9 Å². The summed E-state index contributed by atoms with van der Waals surface area (Å²) in [7, 11) is 0. The summed E-state index contributed by atoms with van der Waals surface area (Å²) in [5.74, 6) is -0.778. The average molecular weight is 411 g/mol. The van der Waals surface area contributed by atoms with Crippen molar-refractivity contribution in [3.05, 3.63) is 50.7 Å². The predicted octanol–water partition coefficient (Wildman–Crippen LogP) is 3.06. The molecule has 1 aromatic carbocycles. The van der Waals surface area contributed by atoms with E-state index in [0.717, 1.165) is 24.0 Å². The van der Waals surface area contributed by atoms with Gasteiger partial charge < -0.3 is 10.3 Å². The number of nitrogens with one attached hydrogen (secondary N) is 2. The summed E-state index contributed by atoms with van der Waals surface area (Å²) < 4.78 is 13.2. The number of nitrogens with zero attached hydrogens (tertiary/aromatic N) is 2. The first-order valence-electron chi connectivity index (χ1n) is 8.57. The van der Waals surface area contributed by atoms with Crippen LogP contribution in [0.25, 0.3) is 0 Å². The van der Waals surface area contributed by atoms with Gasteiger partial charge in [-0.15, -0.1) is 0 Å². The third-order valence-corrected chi connectivity index (χ3v) is 5.51. The van der Waals surface area contributed by atoms with Gasteiger partial charge in [0.05, 0.1) is 22.0 Å². The van der Waals surface area contributed by atoms with Crippen molar-refractivity contribution in [2.24, 2.45) is 0 Å². The van der Waals surface area contributed by atoms with E-state index in [-0.39, 0.29) is 22.2 Å². The number of halogens is 2. The molecule has 0 unspecified atom stereocenters. The summed E-state index contributed by atoms with van der Waals surface area (Å²) in [6.45, 7) is 5.65. The molecule has 0 saturated heterocycles. The summed E-state index contributed by atoms with van der Waals surface area (Å²) in [4.78, 5) is 33.9. The van der Waals surface area contributed by atoms with E-state index < -0.39 is 5.82 Å². The Morgan fingerprint density at radius 2 is 2.26 bits per heavy atom. The molecule has 1 aliphatic heterocycles. The normalized spacial score (nSPS) is 14.3. The molecule has 3 rings (SSSR count). The van der Waals surface area contributed by atoms with E-state index in [1.165, 1.54) is 18.2 Å². The first-order chi connectivity index (χ1) is 12.8. The van der Waals surface area contributed by atoms with Gasteiger partial charge in [0.1, 0.15) is 5.82 Å². The van der Waals surface area contributed by atoms with Crippen LogP contribution in [0.15, 0.2) is 28.2 Å². The average Bonchev–Trinajstić information content (AvgIpc) is 2.63. The summed E-state index contributed by atoms with van der Waals surface area (Å²) in [6.07, 6.45) is 0.714. The number of rotatable bonds is 5. The molecule has 0 spiro atoms. The van der Waals surface area contributed by atoms with E-state index in [1.54, 1.807) is 0 Å². The van der Waals surface area contributed by atoms with Crippen LogP contribution in [0.3, 0.4) is 0 Å². The second kappa shape index (κ2) is 8.41. The number of thioether (sulfide) groups is 1. The fourth-order valence-corrected chi connectivity index (χ4v) is 3.70. The molecule has 0 saturated carbocycles. The second-order valence-electron chi connectivity index (χ2n) is 6.58. The Kier molecular flexibility index (Phi) is 6.18. The lowest BCUT2D eigenvalue weighted by molar-refractivity contribution is -0.113. The number of benzene rings is 1. The molecule has 2 aromatic rings. The monoisotopic (exact) mass is 410 g/mol. The molecule has 27 heavy (non-hydrogen) atoms. The maximum Gasteiger partial charge on any atom is 0.256 e. The summed E-state index contributed by atoms with van der Waals surface area (Å²) >= 11 is 6.85. The van der Waals surface area contributed by atoms with Crippen LogP contribution in [0.1, 0.15) is 25.1 Å². The molecule has 1 aromatic heterocycles. The first-order valence-corrected chi connectivity index (χ1v) is 9.93. The van der Waals surface area contributed by atoms with Gasteiger partial charge in [-0.25, -0.2) is 9.37 Å². The number of fused-ring (bicyclic) bond motifs is 1. The van der Waals surface area contributed by atoms with Gasteiger partial charge in [0.2, 0.25) is 5.91 Å². The van der Waals surface area contributed by atoms with Crippen LogP contribution >= 0.6 is 23.4 Å². The molecule has 9 heteroatoms. The Labute approximate surface area is 165 Å². The highest BCUT2D eigenvalue weighted by Crippen LogP contribution is 2.21. The summed E-state index contributed by atoms with van der Waals surface area (Å²) in [6, 6.07) is 4.34. The Bertz CT molecular complexity index is 919. The van der Waals surface area contributed by atoms with Crippen molar-refractivity contribution in [3.8, 4) is 0 Å². The molecule has 0 aliphatic carbocycles. The fraction of sp³-hybridized carbons (Fsp3) is 0.389. The summed E-state index contributed by atoms with van der Waals surface area (Å²) in [5, 5.41) is 3.00. The van der Waals surface area contributed by atoms with E-state index in [9.17, 15) is 14.0 Å². The molecule has 0 bridgehead atoms. The van der Waals surface area contributed by atoms with Crippen LogP contribution in [0.4, 0.5) is 10.1 Å². The Balaban J connectivity index is 1.63. The van der Waals surface area contributed by atoms with Crippen LogP contribution in [-0.4, -0.2) is 39.1 Å². The van der Waals surface area contributed by atoms with Crippen LogP contribution in [0.5, 0.6) is 0 Å². The number of H-pyrrole nitrogens is 1. The maximum atomic E-state index is 13.2. The number of hydrogen-bond acceptors (Lipinski definition) is 5. The van der Waals surface area contributed by atoms with E-state index in [1.807, 2.05) is 0 Å². The van der Waals surface area contributed by atoms with E-state index in [0.29, 0.717) is 35.4 Å². The van der Waals surface area contributed by atoms with Crippen LogP contribution in [-0.2, 0) is 17.8 Å². The van der Waals surface area contributed by atoms with E-state index in [2.05, 4.69) is 34.0 Å². The molecule has 0 fully saturated rings. The smallest absolute Gasteiger partial charge is 0.256 e. The summed E-state index contributed by atoms with van der Waals surface area (Å²) in [5.41, 5.74) is 1.75. The molecule has 144 valence electrons. The van der Waals surface area contributed by atoms with Crippen molar-refractivity contribution in [1.82, 2.24) is 14.9 Å². The van der Waals surface area contributed by atoms with Crippen molar-refractivity contribution in [2.75, 3.05) is 17.6 Å². The minimum atomic E-state index is -0.545. The van der Waals surface area contributed by atoms with E-state index in [4.69, 9.17) is 11.6 Å². The highest BCUT2D eigenvalue weighted by molar-refractivity contribution is 7.99. The SMILES string of the molecule is CC(C)N1CCc2nc(SCC(=O)Nc3ccc(F)c(Cl)c3)[nH]c(=O)c2C1. The lowest BCUT2D eigenvalue weighted by Crippen LogP contribution is -2.39. The van der Waals surface area contributed by atoms with Gasteiger partial charge in [-0.05, 0) is 32.0 Å². The van der Waals surface area contributed by atoms with Gasteiger partial charge in [0, 0.05) is 31.2 Å². The van der Waals surface area contributed by atoms with Gasteiger partial charge in [-0.1, -0.05) is 23.4 Å². The maximum absolute atomic E-state index is 13.2. The minimum Gasteiger partial charge on any atom is -0.325 e. The highest BCUT2D eigenvalue weighted by Gasteiger charge is 2.22. The van der Waals surface area contributed by atoms with Gasteiger partial charge >= 0.3 is 0 Å². The Hall–Kier alpha value is -1.90. The Morgan fingerprint density at radius 3 is 2.96 bits per heavy atom. The third kappa shape index (κ3) is 4.88. The van der Waals surface area contributed by atoms with Crippen LogP contribution in [0.2, 0.25) is 5.02 Å². The Morgan fingerprint density at radius 1 is 1.48 bits per heavy atom. The molecular formula is C18H20ClFN4O2S. The lowest BCUT2D eigenvalue weighted by Gasteiger charge is -2.30.